The number of carbonyl (C=O) groups is 1. The van der Waals surface area contributed by atoms with Crippen molar-refractivity contribution >= 4 is 96.3 Å². The van der Waals surface area contributed by atoms with Crippen LogP contribution in [0, 0.1) is 3.57 Å². The summed E-state index contributed by atoms with van der Waals surface area (Å²) in [4.78, 5) is 17.5. The molecule has 5 nitrogen and oxygen atoms in total. The summed E-state index contributed by atoms with van der Waals surface area (Å²) < 4.78 is 7.86. The van der Waals surface area contributed by atoms with Crippen LogP contribution < -0.4 is 10.6 Å². The minimum absolute atomic E-state index is 0.0919. The largest absolute Gasteiger partial charge is 0.451 e. The number of halogens is 3. The van der Waals surface area contributed by atoms with Crippen LogP contribution in [0.4, 0.5) is 5.69 Å². The number of hydrogen-bond acceptors (Lipinski definition) is 5. The van der Waals surface area contributed by atoms with Crippen molar-refractivity contribution in [2.45, 2.75) is 0 Å². The number of rotatable bonds is 4. The molecule has 0 fully saturated rings. The topological polar surface area (TPSA) is 67.2 Å². The molecule has 174 valence electrons. The van der Waals surface area contributed by atoms with Gasteiger partial charge in [0.1, 0.15) is 10.8 Å². The lowest BCUT2D eigenvalue weighted by Gasteiger charge is -2.12. The molecule has 0 aliphatic carbocycles. The molecule has 0 aliphatic rings. The van der Waals surface area contributed by atoms with Crippen LogP contribution in [0.15, 0.2) is 77.2 Å². The number of anilines is 1. The average Bonchev–Trinajstić information content (AvgIpc) is 3.49. The van der Waals surface area contributed by atoms with Crippen molar-refractivity contribution in [1.29, 1.82) is 0 Å². The Bertz CT molecular complexity index is 1570. The number of amides is 1. The maximum absolute atomic E-state index is 12.8. The molecule has 2 aromatic heterocycles. The van der Waals surface area contributed by atoms with Crippen molar-refractivity contribution in [3.05, 3.63) is 92.2 Å². The van der Waals surface area contributed by atoms with E-state index in [-0.39, 0.29) is 10.9 Å². The molecule has 0 saturated carbocycles. The normalized spacial score (nSPS) is 10.9. The average molecular weight is 650 g/mol. The van der Waals surface area contributed by atoms with Crippen molar-refractivity contribution in [1.82, 2.24) is 10.3 Å². The highest BCUT2D eigenvalue weighted by Crippen LogP contribution is 2.36. The monoisotopic (exact) mass is 649 g/mol. The molecule has 0 spiro atoms. The summed E-state index contributed by atoms with van der Waals surface area (Å²) in [6.45, 7) is 0. The number of para-hydroxylation sites is 1. The molecule has 35 heavy (non-hydrogen) atoms. The molecule has 0 aliphatic heterocycles. The SMILES string of the molecule is O=C(NC(=S)Nc1ccc(I)cc1-c1nc2ccccc2s1)c1ccc(-c2cc(Cl)ccc2Cl)o1. The molecular formula is C25H14Cl2IN3O2S2. The van der Waals surface area contributed by atoms with E-state index < -0.39 is 5.91 Å². The molecule has 1 amide bonds. The van der Waals surface area contributed by atoms with Crippen LogP contribution in [0.3, 0.4) is 0 Å². The van der Waals surface area contributed by atoms with Crippen LogP contribution in [-0.2, 0) is 0 Å². The van der Waals surface area contributed by atoms with E-state index in [4.69, 9.17) is 44.8 Å². The predicted octanol–water partition coefficient (Wildman–Crippen LogP) is 8.26. The molecule has 0 saturated heterocycles. The number of thiocarbonyl (C=S) groups is 1. The maximum atomic E-state index is 12.8. The van der Waals surface area contributed by atoms with Crippen LogP contribution in [0.5, 0.6) is 0 Å². The molecule has 0 unspecified atom stereocenters. The maximum Gasteiger partial charge on any atom is 0.293 e. The van der Waals surface area contributed by atoms with Crippen LogP contribution in [-0.4, -0.2) is 16.0 Å². The zero-order valence-electron chi connectivity index (χ0n) is 17.6. The van der Waals surface area contributed by atoms with E-state index in [9.17, 15) is 4.79 Å². The summed E-state index contributed by atoms with van der Waals surface area (Å²) in [7, 11) is 0. The third-order valence-corrected chi connectivity index (χ3v) is 7.51. The summed E-state index contributed by atoms with van der Waals surface area (Å²) in [6, 6.07) is 22.1. The number of nitrogens with zero attached hydrogens (tertiary/aromatic N) is 1. The fourth-order valence-electron chi connectivity index (χ4n) is 3.40. The zero-order chi connectivity index (χ0) is 24.5. The van der Waals surface area contributed by atoms with E-state index >= 15 is 0 Å². The number of nitrogens with one attached hydrogen (secondary N) is 2. The van der Waals surface area contributed by atoms with Crippen LogP contribution >= 0.6 is 69.3 Å². The minimum Gasteiger partial charge on any atom is -0.451 e. The van der Waals surface area contributed by atoms with Gasteiger partial charge in [-0.2, -0.15) is 0 Å². The van der Waals surface area contributed by atoms with Crippen molar-refractivity contribution < 1.29 is 9.21 Å². The third-order valence-electron chi connectivity index (χ3n) is 5.00. The van der Waals surface area contributed by atoms with Crippen LogP contribution in [0.2, 0.25) is 10.0 Å². The summed E-state index contributed by atoms with van der Waals surface area (Å²) in [5, 5.41) is 7.76. The summed E-state index contributed by atoms with van der Waals surface area (Å²) in [5.41, 5.74) is 3.16. The molecule has 2 heterocycles. The Morgan fingerprint density at radius 1 is 1.00 bits per heavy atom. The molecule has 2 N–H and O–H groups in total. The predicted molar refractivity (Wildman–Crippen MR) is 156 cm³/mol. The summed E-state index contributed by atoms with van der Waals surface area (Å²) in [5.74, 6) is 0.0328. The number of furan rings is 1. The van der Waals surface area contributed by atoms with Crippen molar-refractivity contribution in [3.8, 4) is 21.9 Å². The molecule has 5 aromatic rings. The first-order valence-electron chi connectivity index (χ1n) is 10.2. The Kier molecular flexibility index (Phi) is 7.08. The number of thiazole rings is 1. The number of hydrogen-bond donors (Lipinski definition) is 2. The molecule has 0 radical (unpaired) electrons. The second-order valence-corrected chi connectivity index (χ2v) is 10.9. The van der Waals surface area contributed by atoms with Gasteiger partial charge in [-0.05, 0) is 95.5 Å². The van der Waals surface area contributed by atoms with Gasteiger partial charge in [0.2, 0.25) is 0 Å². The second kappa shape index (κ2) is 10.2. The van der Waals surface area contributed by atoms with E-state index in [2.05, 4.69) is 33.2 Å². The van der Waals surface area contributed by atoms with Gasteiger partial charge >= 0.3 is 0 Å². The minimum atomic E-state index is -0.487. The Balaban J connectivity index is 1.34. The summed E-state index contributed by atoms with van der Waals surface area (Å²) in [6.07, 6.45) is 0. The van der Waals surface area contributed by atoms with Gasteiger partial charge in [0.25, 0.3) is 5.91 Å². The first-order valence-corrected chi connectivity index (χ1v) is 13.3. The van der Waals surface area contributed by atoms with Gasteiger partial charge in [0.15, 0.2) is 10.9 Å². The number of fused-ring (bicyclic) bond motifs is 1. The Hall–Kier alpha value is -2.50. The van der Waals surface area contributed by atoms with Gasteiger partial charge in [-0.1, -0.05) is 35.3 Å². The highest BCUT2D eigenvalue weighted by molar-refractivity contribution is 14.1. The molecular weight excluding hydrogens is 636 g/mol. The molecule has 10 heteroatoms. The molecule has 5 rings (SSSR count). The second-order valence-electron chi connectivity index (χ2n) is 7.37. The zero-order valence-corrected chi connectivity index (χ0v) is 22.9. The van der Waals surface area contributed by atoms with Gasteiger partial charge < -0.3 is 9.73 Å². The van der Waals surface area contributed by atoms with Crippen molar-refractivity contribution in [2.24, 2.45) is 0 Å². The van der Waals surface area contributed by atoms with Crippen LogP contribution in [0.1, 0.15) is 10.6 Å². The van der Waals surface area contributed by atoms with Crippen LogP contribution in [0.25, 0.3) is 32.1 Å². The van der Waals surface area contributed by atoms with Gasteiger partial charge in [0.05, 0.1) is 20.9 Å². The van der Waals surface area contributed by atoms with E-state index in [0.717, 1.165) is 30.0 Å². The van der Waals surface area contributed by atoms with E-state index in [1.807, 2.05) is 42.5 Å². The van der Waals surface area contributed by atoms with Gasteiger partial charge in [-0.3, -0.25) is 10.1 Å². The lowest BCUT2D eigenvalue weighted by Crippen LogP contribution is -2.34. The van der Waals surface area contributed by atoms with Gasteiger partial charge in [-0.25, -0.2) is 4.98 Å². The summed E-state index contributed by atoms with van der Waals surface area (Å²) >= 11 is 21.6. The van der Waals surface area contributed by atoms with Gasteiger partial charge in [0, 0.05) is 19.7 Å². The third kappa shape index (κ3) is 5.36. The quantitative estimate of drug-likeness (QED) is 0.152. The fourth-order valence-corrected chi connectivity index (χ4v) is 5.47. The van der Waals surface area contributed by atoms with Crippen molar-refractivity contribution in [3.63, 3.8) is 0 Å². The van der Waals surface area contributed by atoms with Gasteiger partial charge in [-0.15, -0.1) is 11.3 Å². The number of aromatic nitrogens is 1. The Morgan fingerprint density at radius 2 is 1.83 bits per heavy atom. The molecule has 0 bridgehead atoms. The highest BCUT2D eigenvalue weighted by atomic mass is 127. The fraction of sp³-hybridized carbons (Fsp3) is 0. The first-order chi connectivity index (χ1) is 16.9. The van der Waals surface area contributed by atoms with E-state index in [1.165, 1.54) is 0 Å². The molecule has 3 aromatic carbocycles. The lowest BCUT2D eigenvalue weighted by atomic mass is 10.2. The number of benzene rings is 3. The Morgan fingerprint density at radius 3 is 2.66 bits per heavy atom. The lowest BCUT2D eigenvalue weighted by molar-refractivity contribution is 0.0951. The number of carbonyl (C=O) groups excluding carboxylic acids is 1. The Labute approximate surface area is 233 Å². The highest BCUT2D eigenvalue weighted by Gasteiger charge is 2.17. The first kappa shape index (κ1) is 24.2. The van der Waals surface area contributed by atoms with Crippen molar-refractivity contribution in [2.75, 3.05) is 5.32 Å². The van der Waals surface area contributed by atoms with E-state index in [1.54, 1.807) is 41.7 Å². The standard InChI is InChI=1S/C25H14Cl2IN3O2S2/c26-13-5-7-17(27)15(11-13)20-9-10-21(33-20)23(32)31-25(34)30-18-8-6-14(28)12-16(18)24-29-19-3-1-2-4-22(19)35-24/h1-12H,(H2,30,31,32,34). The van der Waals surface area contributed by atoms with E-state index in [0.29, 0.717) is 21.4 Å². The smallest absolute Gasteiger partial charge is 0.293 e. The molecule has 0 atom stereocenters.